The molecule has 0 heterocycles. The number of thiocarbonyl (C=S) groups is 1. The van der Waals surface area contributed by atoms with E-state index in [2.05, 4.69) is 26.0 Å². The maximum Gasteiger partial charge on any atom is 0.325 e. The summed E-state index contributed by atoms with van der Waals surface area (Å²) in [6.07, 6.45) is 1.81. The fourth-order valence-corrected chi connectivity index (χ4v) is 2.80. The molecule has 0 radical (unpaired) electrons. The fourth-order valence-electron chi connectivity index (χ4n) is 2.61. The molecule has 0 saturated heterocycles. The summed E-state index contributed by atoms with van der Waals surface area (Å²) in [6.45, 7) is 8.69. The maximum absolute atomic E-state index is 11.8. The Labute approximate surface area is 133 Å². The Morgan fingerprint density at radius 2 is 1.90 bits per heavy atom. The number of hydrogen-bond acceptors (Lipinski definition) is 4. The fraction of sp³-hybridized carbons (Fsp3) is 0.529. The van der Waals surface area contributed by atoms with Gasteiger partial charge in [0, 0.05) is 17.6 Å². The largest absolute Gasteiger partial charge is 0.465 e. The summed E-state index contributed by atoms with van der Waals surface area (Å²) in [4.78, 5) is 14.6. The zero-order valence-corrected chi connectivity index (χ0v) is 14.5. The Hall–Kier alpha value is -1.42. The van der Waals surface area contributed by atoms with Crippen LogP contribution in [0.2, 0.25) is 0 Å². The standard InChI is InChI=1S/C17H25NO2S/c1-6-13-9-10-15(12(4)21)14(7-2)17(13)18(5)11-16(19)20-8-3/h9-10H,6-8,11H2,1-5H3. The summed E-state index contributed by atoms with van der Waals surface area (Å²) in [6, 6.07) is 4.21. The van der Waals surface area contributed by atoms with Gasteiger partial charge in [-0.05, 0) is 43.4 Å². The molecule has 1 aromatic rings. The summed E-state index contributed by atoms with van der Waals surface area (Å²) in [5.74, 6) is -0.200. The Kier molecular flexibility index (Phi) is 6.82. The summed E-state index contributed by atoms with van der Waals surface area (Å²) in [5, 5.41) is 0. The van der Waals surface area contributed by atoms with Crippen LogP contribution < -0.4 is 4.90 Å². The highest BCUT2D eigenvalue weighted by Gasteiger charge is 2.18. The van der Waals surface area contributed by atoms with Crippen molar-refractivity contribution in [3.05, 3.63) is 28.8 Å². The molecule has 0 saturated carbocycles. The minimum Gasteiger partial charge on any atom is -0.465 e. The van der Waals surface area contributed by atoms with Crippen LogP contribution in [0.3, 0.4) is 0 Å². The Balaban J connectivity index is 3.26. The molecule has 0 aromatic heterocycles. The van der Waals surface area contributed by atoms with Crippen molar-refractivity contribution in [2.24, 2.45) is 0 Å². The molecule has 0 unspecified atom stereocenters. The predicted octanol–water partition coefficient (Wildman–Crippen LogP) is 3.55. The summed E-state index contributed by atoms with van der Waals surface area (Å²) in [7, 11) is 1.94. The van der Waals surface area contributed by atoms with E-state index in [0.717, 1.165) is 29.0 Å². The van der Waals surface area contributed by atoms with Crippen LogP contribution in [0.25, 0.3) is 0 Å². The molecular formula is C17H25NO2S. The van der Waals surface area contributed by atoms with Crippen molar-refractivity contribution in [2.45, 2.75) is 40.5 Å². The van der Waals surface area contributed by atoms with E-state index in [0.29, 0.717) is 6.61 Å². The van der Waals surface area contributed by atoms with Gasteiger partial charge in [-0.25, -0.2) is 0 Å². The number of esters is 1. The second-order valence-corrected chi connectivity index (χ2v) is 5.64. The molecule has 0 spiro atoms. The molecule has 0 atom stereocenters. The molecule has 0 fully saturated rings. The molecule has 0 N–H and O–H groups in total. The molecule has 0 aliphatic heterocycles. The third kappa shape index (κ3) is 4.27. The maximum atomic E-state index is 11.8. The Morgan fingerprint density at radius 3 is 2.38 bits per heavy atom. The van der Waals surface area contributed by atoms with Gasteiger partial charge in [-0.1, -0.05) is 38.2 Å². The van der Waals surface area contributed by atoms with Crippen molar-refractivity contribution in [1.82, 2.24) is 0 Å². The van der Waals surface area contributed by atoms with Crippen molar-refractivity contribution in [3.63, 3.8) is 0 Å². The zero-order valence-electron chi connectivity index (χ0n) is 13.7. The summed E-state index contributed by atoms with van der Waals surface area (Å²) < 4.78 is 5.05. The van der Waals surface area contributed by atoms with Gasteiger partial charge in [0.25, 0.3) is 0 Å². The van der Waals surface area contributed by atoms with Gasteiger partial charge < -0.3 is 9.64 Å². The SMILES string of the molecule is CCOC(=O)CN(C)c1c(CC)ccc(C(C)=S)c1CC. The minimum atomic E-state index is -0.200. The lowest BCUT2D eigenvalue weighted by Gasteiger charge is -2.26. The average molecular weight is 307 g/mol. The smallest absolute Gasteiger partial charge is 0.325 e. The van der Waals surface area contributed by atoms with Gasteiger partial charge in [0.05, 0.1) is 6.61 Å². The van der Waals surface area contributed by atoms with E-state index < -0.39 is 0 Å². The van der Waals surface area contributed by atoms with Crippen LogP contribution in [0.4, 0.5) is 5.69 Å². The normalized spacial score (nSPS) is 10.3. The molecule has 4 heteroatoms. The molecule has 1 rings (SSSR count). The van der Waals surface area contributed by atoms with Gasteiger partial charge in [0.1, 0.15) is 6.54 Å². The summed E-state index contributed by atoms with van der Waals surface area (Å²) >= 11 is 5.36. The Bertz CT molecular complexity index is 526. The van der Waals surface area contributed by atoms with E-state index in [9.17, 15) is 4.79 Å². The molecule has 3 nitrogen and oxygen atoms in total. The topological polar surface area (TPSA) is 29.5 Å². The highest BCUT2D eigenvalue weighted by molar-refractivity contribution is 7.80. The van der Waals surface area contributed by atoms with Crippen LogP contribution >= 0.6 is 12.2 Å². The summed E-state index contributed by atoms with van der Waals surface area (Å²) in [5.41, 5.74) is 4.68. The number of rotatable bonds is 7. The number of nitrogens with zero attached hydrogens (tertiary/aromatic N) is 1. The second kappa shape index (κ2) is 8.13. The minimum absolute atomic E-state index is 0.200. The van der Waals surface area contributed by atoms with Crippen LogP contribution in [0.1, 0.15) is 44.4 Å². The molecule has 0 aliphatic carbocycles. The lowest BCUT2D eigenvalue weighted by Crippen LogP contribution is -2.29. The number of hydrogen-bond donors (Lipinski definition) is 0. The lowest BCUT2D eigenvalue weighted by molar-refractivity contribution is -0.141. The van der Waals surface area contributed by atoms with Crippen LogP contribution in [0.15, 0.2) is 12.1 Å². The van der Waals surface area contributed by atoms with Crippen LogP contribution in [0.5, 0.6) is 0 Å². The van der Waals surface area contributed by atoms with E-state index in [1.54, 1.807) is 0 Å². The number of likely N-dealkylation sites (N-methyl/N-ethyl adjacent to an activating group) is 1. The van der Waals surface area contributed by atoms with E-state index in [1.165, 1.54) is 11.1 Å². The predicted molar refractivity (Wildman–Crippen MR) is 92.5 cm³/mol. The zero-order chi connectivity index (χ0) is 16.0. The van der Waals surface area contributed by atoms with Crippen molar-refractivity contribution >= 4 is 28.7 Å². The van der Waals surface area contributed by atoms with Gasteiger partial charge in [0.2, 0.25) is 0 Å². The average Bonchev–Trinajstić information content (AvgIpc) is 2.45. The third-order valence-corrected chi connectivity index (χ3v) is 3.75. The first kappa shape index (κ1) is 17.6. The number of aryl methyl sites for hydroxylation is 1. The van der Waals surface area contributed by atoms with E-state index in [4.69, 9.17) is 17.0 Å². The highest BCUT2D eigenvalue weighted by Crippen LogP contribution is 2.29. The lowest BCUT2D eigenvalue weighted by atomic mass is 9.95. The first-order valence-electron chi connectivity index (χ1n) is 7.48. The molecule has 1 aromatic carbocycles. The van der Waals surface area contributed by atoms with Gasteiger partial charge in [-0.3, -0.25) is 4.79 Å². The molecule has 116 valence electrons. The van der Waals surface area contributed by atoms with Crippen LogP contribution in [-0.4, -0.2) is 31.0 Å². The highest BCUT2D eigenvalue weighted by atomic mass is 32.1. The van der Waals surface area contributed by atoms with Crippen molar-refractivity contribution < 1.29 is 9.53 Å². The van der Waals surface area contributed by atoms with Gasteiger partial charge >= 0.3 is 5.97 Å². The number of carbonyl (C=O) groups is 1. The quantitative estimate of drug-likeness (QED) is 0.438. The number of anilines is 1. The first-order chi connectivity index (χ1) is 9.96. The van der Waals surface area contributed by atoms with Crippen LogP contribution in [-0.2, 0) is 22.4 Å². The monoisotopic (exact) mass is 307 g/mol. The number of carbonyl (C=O) groups excluding carboxylic acids is 1. The molecule has 0 amide bonds. The number of benzene rings is 1. The van der Waals surface area contributed by atoms with Crippen molar-refractivity contribution in [2.75, 3.05) is 25.1 Å². The van der Waals surface area contributed by atoms with E-state index in [1.807, 2.05) is 25.8 Å². The number of ether oxygens (including phenoxy) is 1. The van der Waals surface area contributed by atoms with Gasteiger partial charge in [-0.2, -0.15) is 0 Å². The van der Waals surface area contributed by atoms with Crippen molar-refractivity contribution in [1.29, 1.82) is 0 Å². The molecular weight excluding hydrogens is 282 g/mol. The van der Waals surface area contributed by atoms with E-state index >= 15 is 0 Å². The molecule has 21 heavy (non-hydrogen) atoms. The first-order valence-corrected chi connectivity index (χ1v) is 7.89. The third-order valence-electron chi connectivity index (χ3n) is 3.53. The second-order valence-electron chi connectivity index (χ2n) is 5.02. The van der Waals surface area contributed by atoms with Gasteiger partial charge in [-0.15, -0.1) is 0 Å². The van der Waals surface area contributed by atoms with Crippen LogP contribution in [0, 0.1) is 0 Å². The van der Waals surface area contributed by atoms with Crippen molar-refractivity contribution in [3.8, 4) is 0 Å². The Morgan fingerprint density at radius 1 is 1.24 bits per heavy atom. The van der Waals surface area contributed by atoms with Gasteiger partial charge in [0.15, 0.2) is 0 Å². The van der Waals surface area contributed by atoms with E-state index in [-0.39, 0.29) is 12.5 Å². The molecule has 0 aliphatic rings. The molecule has 0 bridgehead atoms.